The number of nitrogens with zero attached hydrogens (tertiary/aromatic N) is 1. The standard InChI is InChI=1S/C22H21ClFN3O3/c1-12-7-14(30-2)9-15-21(12)26-19-5-6-27(10-16(19)22(15)29)11-20(28)25-13-3-4-18(24)17(23)8-13/h3-4,7-9H,5-6,10-11H2,1-2H3,(H,25,28)(H,26,29). The van der Waals surface area contributed by atoms with Gasteiger partial charge < -0.3 is 15.0 Å². The summed E-state index contributed by atoms with van der Waals surface area (Å²) in [4.78, 5) is 30.9. The van der Waals surface area contributed by atoms with Crippen molar-refractivity contribution in [2.24, 2.45) is 0 Å². The summed E-state index contributed by atoms with van der Waals surface area (Å²) < 4.78 is 18.6. The number of H-pyrrole nitrogens is 1. The van der Waals surface area contributed by atoms with Crippen LogP contribution in [-0.2, 0) is 17.8 Å². The predicted molar refractivity (Wildman–Crippen MR) is 115 cm³/mol. The van der Waals surface area contributed by atoms with Gasteiger partial charge >= 0.3 is 0 Å². The van der Waals surface area contributed by atoms with Gasteiger partial charge in [-0.15, -0.1) is 0 Å². The molecule has 0 bridgehead atoms. The van der Waals surface area contributed by atoms with E-state index in [1.165, 1.54) is 18.2 Å². The van der Waals surface area contributed by atoms with Crippen LogP contribution in [0.15, 0.2) is 35.1 Å². The van der Waals surface area contributed by atoms with Crippen LogP contribution in [0.4, 0.5) is 10.1 Å². The maximum atomic E-state index is 13.3. The third-order valence-corrected chi connectivity index (χ3v) is 5.62. The zero-order valence-corrected chi connectivity index (χ0v) is 17.4. The molecule has 2 N–H and O–H groups in total. The lowest BCUT2D eigenvalue weighted by molar-refractivity contribution is -0.117. The van der Waals surface area contributed by atoms with E-state index in [9.17, 15) is 14.0 Å². The molecule has 2 aromatic carbocycles. The third kappa shape index (κ3) is 3.91. The number of pyridine rings is 1. The van der Waals surface area contributed by atoms with Crippen molar-refractivity contribution in [3.63, 3.8) is 0 Å². The Hall–Kier alpha value is -2.90. The number of benzene rings is 2. The number of aryl methyl sites for hydroxylation is 1. The Kier molecular flexibility index (Phi) is 5.49. The Labute approximate surface area is 177 Å². The first-order valence-corrected chi connectivity index (χ1v) is 9.93. The molecular weight excluding hydrogens is 409 g/mol. The van der Waals surface area contributed by atoms with E-state index in [4.69, 9.17) is 16.3 Å². The van der Waals surface area contributed by atoms with Gasteiger partial charge in [0.1, 0.15) is 11.6 Å². The lowest BCUT2D eigenvalue weighted by Crippen LogP contribution is -2.39. The Morgan fingerprint density at radius 1 is 1.33 bits per heavy atom. The van der Waals surface area contributed by atoms with Crippen molar-refractivity contribution in [1.29, 1.82) is 0 Å². The molecule has 0 atom stereocenters. The second kappa shape index (κ2) is 8.08. The van der Waals surface area contributed by atoms with Crippen LogP contribution in [0.25, 0.3) is 10.9 Å². The number of halogens is 2. The van der Waals surface area contributed by atoms with Gasteiger partial charge in [0.05, 0.1) is 24.2 Å². The van der Waals surface area contributed by atoms with Gasteiger partial charge in [-0.2, -0.15) is 0 Å². The highest BCUT2D eigenvalue weighted by atomic mass is 35.5. The van der Waals surface area contributed by atoms with E-state index in [-0.39, 0.29) is 22.9 Å². The number of amides is 1. The molecule has 1 aromatic heterocycles. The molecule has 0 saturated carbocycles. The lowest BCUT2D eigenvalue weighted by atomic mass is 10.0. The molecule has 0 fully saturated rings. The van der Waals surface area contributed by atoms with Gasteiger partial charge in [-0.25, -0.2) is 4.39 Å². The highest BCUT2D eigenvalue weighted by Gasteiger charge is 2.23. The molecule has 1 aliphatic rings. The van der Waals surface area contributed by atoms with Crippen LogP contribution in [0.5, 0.6) is 5.75 Å². The molecule has 6 nitrogen and oxygen atoms in total. The Morgan fingerprint density at radius 3 is 2.87 bits per heavy atom. The SMILES string of the molecule is COc1cc(C)c2[nH]c3c(c(=O)c2c1)CN(CC(=O)Nc1ccc(F)c(Cl)c1)CC3. The highest BCUT2D eigenvalue weighted by Crippen LogP contribution is 2.25. The van der Waals surface area contributed by atoms with Crippen LogP contribution in [-0.4, -0.2) is 36.0 Å². The van der Waals surface area contributed by atoms with E-state index in [0.717, 1.165) is 16.8 Å². The largest absolute Gasteiger partial charge is 0.497 e. The molecule has 1 aliphatic heterocycles. The zero-order valence-electron chi connectivity index (χ0n) is 16.6. The fourth-order valence-corrected chi connectivity index (χ4v) is 3.99. The van der Waals surface area contributed by atoms with Crippen molar-refractivity contribution in [1.82, 2.24) is 9.88 Å². The molecule has 4 rings (SSSR count). The minimum Gasteiger partial charge on any atom is -0.497 e. The van der Waals surface area contributed by atoms with Gasteiger partial charge in [-0.3, -0.25) is 14.5 Å². The van der Waals surface area contributed by atoms with E-state index < -0.39 is 5.82 Å². The summed E-state index contributed by atoms with van der Waals surface area (Å²) in [6.45, 7) is 3.06. The maximum absolute atomic E-state index is 13.3. The van der Waals surface area contributed by atoms with E-state index in [2.05, 4.69) is 10.3 Å². The monoisotopic (exact) mass is 429 g/mol. The van der Waals surface area contributed by atoms with Crippen molar-refractivity contribution in [3.8, 4) is 5.75 Å². The van der Waals surface area contributed by atoms with E-state index in [0.29, 0.717) is 41.9 Å². The number of carbonyl (C=O) groups excluding carboxylic acids is 1. The van der Waals surface area contributed by atoms with E-state index in [1.54, 1.807) is 13.2 Å². The first-order valence-electron chi connectivity index (χ1n) is 9.55. The third-order valence-electron chi connectivity index (χ3n) is 5.33. The summed E-state index contributed by atoms with van der Waals surface area (Å²) in [5, 5.41) is 3.24. The summed E-state index contributed by atoms with van der Waals surface area (Å²) in [6, 6.07) is 7.66. The molecule has 30 heavy (non-hydrogen) atoms. The molecule has 156 valence electrons. The number of carbonyl (C=O) groups is 1. The van der Waals surface area contributed by atoms with Crippen LogP contribution in [0, 0.1) is 12.7 Å². The van der Waals surface area contributed by atoms with Crippen LogP contribution in [0.2, 0.25) is 5.02 Å². The van der Waals surface area contributed by atoms with Crippen molar-refractivity contribution >= 4 is 34.1 Å². The van der Waals surface area contributed by atoms with Gasteiger partial charge in [0.2, 0.25) is 5.91 Å². The van der Waals surface area contributed by atoms with Crippen LogP contribution >= 0.6 is 11.6 Å². The normalized spacial score (nSPS) is 13.9. The number of fused-ring (bicyclic) bond motifs is 2. The topological polar surface area (TPSA) is 74.4 Å². The highest BCUT2D eigenvalue weighted by molar-refractivity contribution is 6.31. The Bertz CT molecular complexity index is 1210. The summed E-state index contributed by atoms with van der Waals surface area (Å²) in [7, 11) is 1.57. The van der Waals surface area contributed by atoms with Crippen molar-refractivity contribution < 1.29 is 13.9 Å². The van der Waals surface area contributed by atoms with Gasteiger partial charge in [0, 0.05) is 41.8 Å². The first kappa shape index (κ1) is 20.4. The number of aromatic nitrogens is 1. The fourth-order valence-electron chi connectivity index (χ4n) is 3.81. The molecular formula is C22H21ClFN3O3. The molecule has 1 amide bonds. The minimum atomic E-state index is -0.541. The number of ether oxygens (including phenoxy) is 1. The molecule has 3 aromatic rings. The average molecular weight is 430 g/mol. The first-order chi connectivity index (χ1) is 14.4. The average Bonchev–Trinajstić information content (AvgIpc) is 2.72. The molecule has 0 saturated heterocycles. The summed E-state index contributed by atoms with van der Waals surface area (Å²) in [5.74, 6) is -0.160. The number of hydrogen-bond acceptors (Lipinski definition) is 4. The number of rotatable bonds is 4. The minimum absolute atomic E-state index is 0.0452. The van der Waals surface area contributed by atoms with Crippen molar-refractivity contribution in [2.75, 3.05) is 25.5 Å². The van der Waals surface area contributed by atoms with Crippen molar-refractivity contribution in [3.05, 3.63) is 68.2 Å². The fraction of sp³-hybridized carbons (Fsp3) is 0.273. The van der Waals surface area contributed by atoms with Gasteiger partial charge in [0.15, 0.2) is 5.43 Å². The number of nitrogens with one attached hydrogen (secondary N) is 2. The Balaban J connectivity index is 1.54. The second-order valence-electron chi connectivity index (χ2n) is 7.42. The second-order valence-corrected chi connectivity index (χ2v) is 7.82. The number of hydrogen-bond donors (Lipinski definition) is 2. The summed E-state index contributed by atoms with van der Waals surface area (Å²) in [5.41, 5.74) is 3.72. The van der Waals surface area contributed by atoms with Crippen LogP contribution in [0.1, 0.15) is 16.8 Å². The maximum Gasteiger partial charge on any atom is 0.238 e. The molecule has 0 unspecified atom stereocenters. The summed E-state index contributed by atoms with van der Waals surface area (Å²) in [6.07, 6.45) is 0.641. The van der Waals surface area contributed by atoms with Crippen molar-refractivity contribution in [2.45, 2.75) is 19.9 Å². The smallest absolute Gasteiger partial charge is 0.238 e. The number of anilines is 1. The molecule has 0 spiro atoms. The van der Waals surface area contributed by atoms with Gasteiger partial charge in [0.25, 0.3) is 0 Å². The number of aromatic amines is 1. The summed E-state index contributed by atoms with van der Waals surface area (Å²) >= 11 is 5.76. The van der Waals surface area contributed by atoms with E-state index in [1.807, 2.05) is 17.9 Å². The van der Waals surface area contributed by atoms with E-state index >= 15 is 0 Å². The van der Waals surface area contributed by atoms with Crippen LogP contribution < -0.4 is 15.5 Å². The Morgan fingerprint density at radius 2 is 2.13 bits per heavy atom. The van der Waals surface area contributed by atoms with Gasteiger partial charge in [-0.05, 0) is 42.8 Å². The lowest BCUT2D eigenvalue weighted by Gasteiger charge is -2.28. The molecule has 0 aliphatic carbocycles. The molecule has 0 radical (unpaired) electrons. The van der Waals surface area contributed by atoms with Crippen LogP contribution in [0.3, 0.4) is 0 Å². The molecule has 8 heteroatoms. The quantitative estimate of drug-likeness (QED) is 0.664. The zero-order chi connectivity index (χ0) is 21.4. The molecule has 2 heterocycles. The van der Waals surface area contributed by atoms with Gasteiger partial charge in [-0.1, -0.05) is 11.6 Å². The predicted octanol–water partition coefficient (Wildman–Crippen LogP) is 3.63. The number of methoxy groups -OCH3 is 1.